The van der Waals surface area contributed by atoms with E-state index in [-0.39, 0.29) is 11.5 Å². The Balaban J connectivity index is 1.59. The smallest absolute Gasteiger partial charge is 0.339 e. The fourth-order valence-electron chi connectivity index (χ4n) is 2.35. The van der Waals surface area contributed by atoms with Gasteiger partial charge < -0.3 is 19.8 Å². The van der Waals surface area contributed by atoms with Crippen LogP contribution >= 0.6 is 0 Å². The van der Waals surface area contributed by atoms with Gasteiger partial charge in [0.05, 0.1) is 5.56 Å². The van der Waals surface area contributed by atoms with Crippen LogP contribution in [-0.2, 0) is 14.3 Å². The largest absolute Gasteiger partial charge is 0.449 e. The summed E-state index contributed by atoms with van der Waals surface area (Å²) in [6, 6.07) is 11.3. The molecule has 2 N–H and O–H groups in total. The Bertz CT molecular complexity index is 994. The fourth-order valence-corrected chi connectivity index (χ4v) is 2.35. The van der Waals surface area contributed by atoms with Crippen LogP contribution in [0.4, 0.5) is 11.4 Å². The van der Waals surface area contributed by atoms with Gasteiger partial charge in [-0.25, -0.2) is 9.78 Å². The molecule has 3 aromatic rings. The molecule has 0 spiro atoms. The molecule has 1 unspecified atom stereocenters. The van der Waals surface area contributed by atoms with Crippen LogP contribution in [0.3, 0.4) is 0 Å². The molecule has 0 bridgehead atoms. The van der Waals surface area contributed by atoms with Crippen molar-refractivity contribution in [1.29, 1.82) is 0 Å². The molecule has 0 saturated carbocycles. The number of hydrogen-bond donors (Lipinski definition) is 2. The highest BCUT2D eigenvalue weighted by molar-refractivity contribution is 5.98. The maximum atomic E-state index is 12.2. The number of rotatable bonds is 5. The molecule has 8 heteroatoms. The van der Waals surface area contributed by atoms with Crippen LogP contribution in [-0.4, -0.2) is 28.9 Å². The van der Waals surface area contributed by atoms with Gasteiger partial charge in [0.2, 0.25) is 5.91 Å². The van der Waals surface area contributed by atoms with Crippen molar-refractivity contribution in [2.75, 3.05) is 10.6 Å². The number of esters is 1. The monoisotopic (exact) mass is 367 g/mol. The van der Waals surface area contributed by atoms with Crippen molar-refractivity contribution in [2.45, 2.75) is 20.0 Å². The highest BCUT2D eigenvalue weighted by atomic mass is 16.5. The van der Waals surface area contributed by atoms with Crippen molar-refractivity contribution in [3.05, 3.63) is 54.4 Å². The zero-order chi connectivity index (χ0) is 19.4. The van der Waals surface area contributed by atoms with Crippen molar-refractivity contribution in [2.24, 2.45) is 0 Å². The summed E-state index contributed by atoms with van der Waals surface area (Å²) in [6.07, 6.45) is 0.283. The van der Waals surface area contributed by atoms with Gasteiger partial charge in [-0.2, -0.15) is 0 Å². The number of nitrogens with zero attached hydrogens (tertiary/aromatic N) is 1. The summed E-state index contributed by atoms with van der Waals surface area (Å²) in [6.45, 7) is 2.89. The summed E-state index contributed by atoms with van der Waals surface area (Å²) in [5, 5.41) is 5.28. The van der Waals surface area contributed by atoms with Crippen LogP contribution in [0.25, 0.3) is 11.1 Å². The number of nitrogens with one attached hydrogen (secondary N) is 2. The van der Waals surface area contributed by atoms with Crippen LogP contribution in [0.5, 0.6) is 0 Å². The number of aromatic nitrogens is 1. The van der Waals surface area contributed by atoms with E-state index in [1.54, 1.807) is 36.4 Å². The molecule has 2 aromatic carbocycles. The second kappa shape index (κ2) is 7.69. The molecule has 1 heterocycles. The predicted octanol–water partition coefficient (Wildman–Crippen LogP) is 2.97. The van der Waals surface area contributed by atoms with E-state index < -0.39 is 18.0 Å². The summed E-state index contributed by atoms with van der Waals surface area (Å²) >= 11 is 0. The van der Waals surface area contributed by atoms with Gasteiger partial charge in [-0.1, -0.05) is 0 Å². The number of hydrogen-bond acceptors (Lipinski definition) is 6. The number of benzene rings is 2. The van der Waals surface area contributed by atoms with Gasteiger partial charge in [-0.05, 0) is 49.4 Å². The molecular formula is C19H17N3O5. The van der Waals surface area contributed by atoms with E-state index in [4.69, 9.17) is 9.15 Å². The molecule has 0 fully saturated rings. The molecule has 138 valence electrons. The first-order valence-electron chi connectivity index (χ1n) is 8.15. The van der Waals surface area contributed by atoms with E-state index in [1.807, 2.05) is 0 Å². The number of ether oxygens (including phenoxy) is 1. The first kappa shape index (κ1) is 18.1. The Morgan fingerprint density at radius 1 is 1.04 bits per heavy atom. The van der Waals surface area contributed by atoms with E-state index in [2.05, 4.69) is 15.6 Å². The Hall–Kier alpha value is -3.68. The Kier molecular flexibility index (Phi) is 5.16. The highest BCUT2D eigenvalue weighted by Gasteiger charge is 2.19. The zero-order valence-corrected chi connectivity index (χ0v) is 14.7. The number of oxazole rings is 1. The lowest BCUT2D eigenvalue weighted by molar-refractivity contribution is -0.123. The van der Waals surface area contributed by atoms with E-state index >= 15 is 0 Å². The minimum atomic E-state index is -1.00. The van der Waals surface area contributed by atoms with Gasteiger partial charge in [0.25, 0.3) is 5.91 Å². The molecule has 1 atom stereocenters. The second-order valence-electron chi connectivity index (χ2n) is 5.83. The first-order valence-corrected chi connectivity index (χ1v) is 8.15. The highest BCUT2D eigenvalue weighted by Crippen LogP contribution is 2.17. The Morgan fingerprint density at radius 2 is 1.70 bits per heavy atom. The fraction of sp³-hybridized carbons (Fsp3) is 0.158. The lowest BCUT2D eigenvalue weighted by Gasteiger charge is -2.14. The van der Waals surface area contributed by atoms with Gasteiger partial charge in [-0.3, -0.25) is 9.59 Å². The Morgan fingerprint density at radius 3 is 2.37 bits per heavy atom. The molecule has 2 amide bonds. The normalized spacial score (nSPS) is 11.6. The van der Waals surface area contributed by atoms with E-state index in [1.165, 1.54) is 26.3 Å². The summed E-state index contributed by atoms with van der Waals surface area (Å²) < 4.78 is 10.4. The maximum absolute atomic E-state index is 12.2. The van der Waals surface area contributed by atoms with Gasteiger partial charge >= 0.3 is 5.97 Å². The van der Waals surface area contributed by atoms with Crippen LogP contribution in [0.15, 0.2) is 53.3 Å². The van der Waals surface area contributed by atoms with Gasteiger partial charge in [-0.15, -0.1) is 0 Å². The third kappa shape index (κ3) is 4.49. The van der Waals surface area contributed by atoms with E-state index in [9.17, 15) is 14.4 Å². The summed E-state index contributed by atoms with van der Waals surface area (Å²) in [5.41, 5.74) is 2.47. The third-order valence-electron chi connectivity index (χ3n) is 3.69. The summed E-state index contributed by atoms with van der Waals surface area (Å²) in [5.74, 6) is -1.30. The topological polar surface area (TPSA) is 111 Å². The summed E-state index contributed by atoms with van der Waals surface area (Å²) in [7, 11) is 0. The van der Waals surface area contributed by atoms with Crippen LogP contribution in [0, 0.1) is 0 Å². The van der Waals surface area contributed by atoms with Crippen LogP contribution < -0.4 is 10.6 Å². The zero-order valence-electron chi connectivity index (χ0n) is 14.7. The second-order valence-corrected chi connectivity index (χ2v) is 5.83. The number of carbonyl (C=O) groups excluding carboxylic acids is 3. The average molecular weight is 367 g/mol. The SMILES string of the molecule is CC(=O)Nc1ccc(NC(=O)C(C)OC(=O)c2ccc3ncoc3c2)cc1. The molecule has 0 aliphatic heterocycles. The number of anilines is 2. The molecule has 8 nitrogen and oxygen atoms in total. The van der Waals surface area contributed by atoms with Crippen molar-refractivity contribution in [3.8, 4) is 0 Å². The molecule has 0 aliphatic carbocycles. The van der Waals surface area contributed by atoms with Crippen molar-refractivity contribution in [3.63, 3.8) is 0 Å². The van der Waals surface area contributed by atoms with Crippen LogP contribution in [0.2, 0.25) is 0 Å². The third-order valence-corrected chi connectivity index (χ3v) is 3.69. The van der Waals surface area contributed by atoms with E-state index in [0.29, 0.717) is 22.5 Å². The average Bonchev–Trinajstić information content (AvgIpc) is 3.10. The van der Waals surface area contributed by atoms with Gasteiger partial charge in [0, 0.05) is 18.3 Å². The quantitative estimate of drug-likeness (QED) is 0.671. The van der Waals surface area contributed by atoms with Crippen LogP contribution in [0.1, 0.15) is 24.2 Å². The standard InChI is InChI=1S/C19H17N3O5/c1-11(18(24)22-15-6-4-14(5-7-15)21-12(2)23)27-19(25)13-3-8-16-17(9-13)26-10-20-16/h3-11H,1-2H3,(H,21,23)(H,22,24). The number of amides is 2. The lowest BCUT2D eigenvalue weighted by Crippen LogP contribution is -2.30. The van der Waals surface area contributed by atoms with E-state index in [0.717, 1.165) is 0 Å². The summed E-state index contributed by atoms with van der Waals surface area (Å²) in [4.78, 5) is 39.4. The molecular weight excluding hydrogens is 350 g/mol. The maximum Gasteiger partial charge on any atom is 0.339 e. The molecule has 0 saturated heterocycles. The van der Waals surface area contributed by atoms with Gasteiger partial charge in [0.1, 0.15) is 5.52 Å². The lowest BCUT2D eigenvalue weighted by atomic mass is 10.2. The van der Waals surface area contributed by atoms with Crippen molar-refractivity contribution in [1.82, 2.24) is 4.98 Å². The minimum absolute atomic E-state index is 0.184. The first-order chi connectivity index (χ1) is 12.9. The number of carbonyl (C=O) groups is 3. The van der Waals surface area contributed by atoms with Crippen molar-refractivity contribution < 1.29 is 23.5 Å². The van der Waals surface area contributed by atoms with Crippen molar-refractivity contribution >= 4 is 40.3 Å². The number of fused-ring (bicyclic) bond motifs is 1. The Labute approximate surface area is 154 Å². The van der Waals surface area contributed by atoms with Gasteiger partial charge in [0.15, 0.2) is 18.1 Å². The minimum Gasteiger partial charge on any atom is -0.449 e. The molecule has 3 rings (SSSR count). The molecule has 27 heavy (non-hydrogen) atoms. The molecule has 0 aliphatic rings. The molecule has 1 aromatic heterocycles. The predicted molar refractivity (Wildman–Crippen MR) is 98.3 cm³/mol. The molecule has 0 radical (unpaired) electrons.